The number of hydrogen-bond acceptors (Lipinski definition) is 5. The lowest BCUT2D eigenvalue weighted by atomic mass is 10.3. The minimum atomic E-state index is -0.541. The average molecular weight is 287 g/mol. The number of carbonyl (C=O) groups is 1. The van der Waals surface area contributed by atoms with Gasteiger partial charge in [-0.05, 0) is 6.42 Å². The van der Waals surface area contributed by atoms with Crippen molar-refractivity contribution in [2.24, 2.45) is 0 Å². The number of aromatic nitrogens is 1. The minimum absolute atomic E-state index is 0.0298. The van der Waals surface area contributed by atoms with E-state index in [0.717, 1.165) is 6.42 Å². The highest BCUT2D eigenvalue weighted by molar-refractivity contribution is 6.29. The first-order valence-corrected chi connectivity index (χ1v) is 6.13. The van der Waals surface area contributed by atoms with Gasteiger partial charge in [0.15, 0.2) is 0 Å². The molecule has 8 heteroatoms. The van der Waals surface area contributed by atoms with Crippen LogP contribution in [0, 0.1) is 10.1 Å². The Morgan fingerprint density at radius 1 is 1.58 bits per heavy atom. The second kappa shape index (κ2) is 6.89. The molecule has 1 N–H and O–H groups in total. The first-order valence-electron chi connectivity index (χ1n) is 5.75. The van der Waals surface area contributed by atoms with Crippen LogP contribution in [0.5, 0.6) is 0 Å². The maximum Gasteiger partial charge on any atom is 0.276 e. The summed E-state index contributed by atoms with van der Waals surface area (Å²) in [6.45, 7) is 2.57. The van der Waals surface area contributed by atoms with Crippen LogP contribution in [0.1, 0.15) is 13.3 Å². The number of likely N-dealkylation sites (N-methyl/N-ethyl adjacent to an activating group) is 1. The molecule has 1 heterocycles. The first kappa shape index (κ1) is 15.2. The van der Waals surface area contributed by atoms with Crippen LogP contribution in [0.15, 0.2) is 12.1 Å². The van der Waals surface area contributed by atoms with Crippen molar-refractivity contribution in [2.75, 3.05) is 25.0 Å². The number of pyridine rings is 1. The number of carbonyl (C=O) groups excluding carboxylic acids is 1. The molecule has 0 unspecified atom stereocenters. The van der Waals surface area contributed by atoms with Crippen LogP contribution in [0.3, 0.4) is 0 Å². The van der Waals surface area contributed by atoms with Gasteiger partial charge in [-0.25, -0.2) is 4.98 Å². The van der Waals surface area contributed by atoms with Gasteiger partial charge in [0.25, 0.3) is 5.69 Å². The van der Waals surface area contributed by atoms with E-state index in [1.165, 1.54) is 19.2 Å². The largest absolute Gasteiger partial charge is 0.358 e. The van der Waals surface area contributed by atoms with Crippen LogP contribution in [0.4, 0.5) is 11.5 Å². The lowest BCUT2D eigenvalue weighted by Gasteiger charge is -2.22. The molecule has 0 bridgehead atoms. The highest BCUT2D eigenvalue weighted by Gasteiger charge is 2.16. The number of nitro groups is 1. The molecule has 0 radical (unpaired) electrons. The van der Waals surface area contributed by atoms with Gasteiger partial charge in [-0.15, -0.1) is 0 Å². The van der Waals surface area contributed by atoms with Crippen molar-refractivity contribution in [3.63, 3.8) is 0 Å². The normalized spacial score (nSPS) is 10.1. The molecule has 19 heavy (non-hydrogen) atoms. The van der Waals surface area contributed by atoms with Gasteiger partial charge in [0.1, 0.15) is 11.0 Å². The number of halogens is 1. The Morgan fingerprint density at radius 2 is 2.26 bits per heavy atom. The fraction of sp³-hybridized carbons (Fsp3) is 0.455. The summed E-state index contributed by atoms with van der Waals surface area (Å²) in [7, 11) is 1.53. The number of rotatable bonds is 6. The van der Waals surface area contributed by atoms with Crippen molar-refractivity contribution in [1.29, 1.82) is 0 Å². The highest BCUT2D eigenvalue weighted by Crippen LogP contribution is 2.23. The van der Waals surface area contributed by atoms with Gasteiger partial charge in [-0.2, -0.15) is 0 Å². The molecule has 7 nitrogen and oxygen atoms in total. The third-order valence-corrected chi connectivity index (χ3v) is 2.60. The molecule has 0 saturated carbocycles. The number of anilines is 1. The monoisotopic (exact) mass is 286 g/mol. The summed E-state index contributed by atoms with van der Waals surface area (Å²) >= 11 is 5.77. The summed E-state index contributed by atoms with van der Waals surface area (Å²) in [6.07, 6.45) is 0.777. The molecule has 0 aliphatic rings. The van der Waals surface area contributed by atoms with Gasteiger partial charge in [0.05, 0.1) is 23.6 Å². The van der Waals surface area contributed by atoms with Gasteiger partial charge in [0.2, 0.25) is 5.91 Å². The van der Waals surface area contributed by atoms with Crippen molar-refractivity contribution in [1.82, 2.24) is 10.3 Å². The number of hydrogen-bond donors (Lipinski definition) is 1. The van der Waals surface area contributed by atoms with Gasteiger partial charge in [-0.1, -0.05) is 18.5 Å². The molecular weight excluding hydrogens is 272 g/mol. The summed E-state index contributed by atoms with van der Waals surface area (Å²) in [5, 5.41) is 13.3. The van der Waals surface area contributed by atoms with E-state index in [1.807, 2.05) is 6.92 Å². The molecule has 104 valence electrons. The van der Waals surface area contributed by atoms with E-state index in [0.29, 0.717) is 12.4 Å². The lowest BCUT2D eigenvalue weighted by molar-refractivity contribution is -0.384. The highest BCUT2D eigenvalue weighted by atomic mass is 35.5. The van der Waals surface area contributed by atoms with Crippen LogP contribution < -0.4 is 10.2 Å². The van der Waals surface area contributed by atoms with Crippen LogP contribution in [0.25, 0.3) is 0 Å². The van der Waals surface area contributed by atoms with Gasteiger partial charge < -0.3 is 10.2 Å². The zero-order valence-corrected chi connectivity index (χ0v) is 11.5. The van der Waals surface area contributed by atoms with Gasteiger partial charge in [0, 0.05) is 13.6 Å². The number of nitrogens with zero attached hydrogens (tertiary/aromatic N) is 3. The molecule has 1 amide bonds. The molecule has 0 fully saturated rings. The van der Waals surface area contributed by atoms with Gasteiger partial charge >= 0.3 is 0 Å². The Kier molecular flexibility index (Phi) is 5.50. The quantitative estimate of drug-likeness (QED) is 0.487. The van der Waals surface area contributed by atoms with E-state index in [1.54, 1.807) is 4.90 Å². The molecular formula is C11H15ClN4O3. The summed E-state index contributed by atoms with van der Waals surface area (Å²) in [5.74, 6) is 0.127. The Labute approximate surface area is 115 Å². The third kappa shape index (κ3) is 4.36. The zero-order valence-electron chi connectivity index (χ0n) is 10.7. The van der Waals surface area contributed by atoms with E-state index in [2.05, 4.69) is 10.3 Å². The molecule has 0 aliphatic heterocycles. The molecule has 1 aromatic heterocycles. The van der Waals surface area contributed by atoms with Crippen molar-refractivity contribution >= 4 is 29.0 Å². The number of nitrogens with one attached hydrogen (secondary N) is 1. The molecule has 1 aromatic rings. The van der Waals surface area contributed by atoms with E-state index in [9.17, 15) is 14.9 Å². The molecule has 0 atom stereocenters. The van der Waals surface area contributed by atoms with E-state index < -0.39 is 4.92 Å². The standard InChI is InChI=1S/C11H15ClN4O3/c1-3-4-15(7-11(17)13-2)10-6-8(16(18)19)5-9(12)14-10/h5-6H,3-4,7H2,1-2H3,(H,13,17). The fourth-order valence-corrected chi connectivity index (χ4v) is 1.73. The summed E-state index contributed by atoms with van der Waals surface area (Å²) in [5.41, 5.74) is -0.145. The molecule has 0 spiro atoms. The van der Waals surface area contributed by atoms with Crippen LogP contribution in [-0.2, 0) is 4.79 Å². The lowest BCUT2D eigenvalue weighted by Crippen LogP contribution is -2.36. The van der Waals surface area contributed by atoms with Crippen molar-refractivity contribution in [2.45, 2.75) is 13.3 Å². The Morgan fingerprint density at radius 3 is 2.79 bits per heavy atom. The molecule has 1 rings (SSSR count). The van der Waals surface area contributed by atoms with E-state index >= 15 is 0 Å². The van der Waals surface area contributed by atoms with Crippen LogP contribution >= 0.6 is 11.6 Å². The summed E-state index contributed by atoms with van der Waals surface area (Å²) in [4.78, 5) is 27.4. The van der Waals surface area contributed by atoms with E-state index in [4.69, 9.17) is 11.6 Å². The Hall–Kier alpha value is -1.89. The SMILES string of the molecule is CCCN(CC(=O)NC)c1cc([N+](=O)[O-])cc(Cl)n1. The fourth-order valence-electron chi connectivity index (χ4n) is 1.53. The minimum Gasteiger partial charge on any atom is -0.358 e. The predicted octanol–water partition coefficient (Wildman–Crippen LogP) is 1.61. The second-order valence-corrected chi connectivity index (χ2v) is 4.25. The maximum absolute atomic E-state index is 11.4. The number of amides is 1. The summed E-state index contributed by atoms with van der Waals surface area (Å²) in [6, 6.07) is 2.49. The van der Waals surface area contributed by atoms with Crippen LogP contribution in [0.2, 0.25) is 5.15 Å². The van der Waals surface area contributed by atoms with E-state index in [-0.39, 0.29) is 23.3 Å². The summed E-state index contributed by atoms with van der Waals surface area (Å²) < 4.78 is 0. The van der Waals surface area contributed by atoms with Crippen LogP contribution in [-0.4, -0.2) is 36.0 Å². The average Bonchev–Trinajstić information content (AvgIpc) is 2.37. The zero-order chi connectivity index (χ0) is 14.4. The second-order valence-electron chi connectivity index (χ2n) is 3.86. The molecule has 0 saturated heterocycles. The first-order chi connectivity index (χ1) is 8.97. The van der Waals surface area contributed by atoms with Crippen molar-refractivity contribution < 1.29 is 9.72 Å². The van der Waals surface area contributed by atoms with Crippen molar-refractivity contribution in [3.05, 3.63) is 27.4 Å². The smallest absolute Gasteiger partial charge is 0.276 e. The Bertz CT molecular complexity index is 481. The third-order valence-electron chi connectivity index (χ3n) is 2.41. The molecule has 0 aliphatic carbocycles. The predicted molar refractivity (Wildman–Crippen MR) is 72.5 cm³/mol. The topological polar surface area (TPSA) is 88.4 Å². The maximum atomic E-state index is 11.4. The Balaban J connectivity index is 3.07. The van der Waals surface area contributed by atoms with Crippen molar-refractivity contribution in [3.8, 4) is 0 Å². The van der Waals surface area contributed by atoms with Gasteiger partial charge in [-0.3, -0.25) is 14.9 Å². The molecule has 0 aromatic carbocycles.